The first-order valence-electron chi connectivity index (χ1n) is 15.9. The van der Waals surface area contributed by atoms with Crippen molar-refractivity contribution >= 4 is 38.9 Å². The Morgan fingerprint density at radius 1 is 1.00 bits per heavy atom. The van der Waals surface area contributed by atoms with Crippen LogP contribution in [0.1, 0.15) is 24.5 Å². The van der Waals surface area contributed by atoms with Gasteiger partial charge in [0, 0.05) is 38.2 Å². The van der Waals surface area contributed by atoms with Crippen molar-refractivity contribution in [3.05, 3.63) is 103 Å². The highest BCUT2D eigenvalue weighted by atomic mass is 32.2. The zero-order valence-electron chi connectivity index (χ0n) is 27.3. The molecular formula is C35H33F2N7O6S. The maximum Gasteiger partial charge on any atom is 0.341 e. The average molecular weight is 718 g/mol. The number of carbonyl (C=O) groups excluding carboxylic acids is 1. The Balaban J connectivity index is 1.24. The molecule has 1 unspecified atom stereocenters. The van der Waals surface area contributed by atoms with Gasteiger partial charge in [0.2, 0.25) is 15.9 Å². The van der Waals surface area contributed by atoms with E-state index >= 15 is 0 Å². The SMILES string of the molecule is CCC(F)(F)c1ccc(CNC(=O)C2CN(c3cnc4cncnc4n3)CCN2S(=O)(=O)c2ccc(-c3cccc(OCC(=O)O)c3)cc2)cc1. The van der Waals surface area contributed by atoms with Gasteiger partial charge in [-0.15, -0.1) is 0 Å². The van der Waals surface area contributed by atoms with E-state index in [4.69, 9.17) is 9.84 Å². The number of nitrogens with one attached hydrogen (secondary N) is 1. The Morgan fingerprint density at radius 3 is 2.49 bits per heavy atom. The molecule has 0 radical (unpaired) electrons. The Hall–Kier alpha value is -5.61. The fraction of sp³-hybridized carbons (Fsp3) is 0.257. The molecule has 1 atom stereocenters. The summed E-state index contributed by atoms with van der Waals surface area (Å²) in [5.41, 5.74) is 2.59. The molecule has 0 bridgehead atoms. The lowest BCUT2D eigenvalue weighted by molar-refractivity contribution is -0.139. The predicted octanol–water partition coefficient (Wildman–Crippen LogP) is 4.25. The number of anilines is 1. The lowest BCUT2D eigenvalue weighted by Gasteiger charge is -2.40. The van der Waals surface area contributed by atoms with Crippen LogP contribution in [0.5, 0.6) is 5.75 Å². The number of carboxylic acids is 1. The van der Waals surface area contributed by atoms with Gasteiger partial charge in [-0.3, -0.25) is 4.79 Å². The number of alkyl halides is 2. The predicted molar refractivity (Wildman–Crippen MR) is 183 cm³/mol. The fourth-order valence-electron chi connectivity index (χ4n) is 5.63. The second-order valence-corrected chi connectivity index (χ2v) is 13.6. The molecule has 6 rings (SSSR count). The van der Waals surface area contributed by atoms with Gasteiger partial charge in [0.05, 0.1) is 17.3 Å². The molecule has 0 spiro atoms. The number of aliphatic carboxylic acids is 1. The highest BCUT2D eigenvalue weighted by molar-refractivity contribution is 7.89. The molecule has 51 heavy (non-hydrogen) atoms. The monoisotopic (exact) mass is 717 g/mol. The largest absolute Gasteiger partial charge is 0.482 e. The number of amides is 1. The van der Waals surface area contributed by atoms with Gasteiger partial charge >= 0.3 is 5.97 Å². The zero-order valence-corrected chi connectivity index (χ0v) is 28.1. The normalized spacial score (nSPS) is 15.4. The molecule has 3 aromatic carbocycles. The van der Waals surface area contributed by atoms with E-state index in [9.17, 15) is 26.8 Å². The standard InChI is InChI=1S/C35H33F2N7O6S/c1-2-35(36,37)26-10-6-23(7-11-26)17-40-34(47)30-20-43(31-19-39-29-18-38-22-41-33(29)42-31)14-15-44(30)51(48,49)28-12-8-24(9-13-28)25-4-3-5-27(16-25)50-21-32(45)46/h3-13,16,18-19,22,30H,2,14-15,17,20-21H2,1H3,(H,40,47)(H,45,46). The van der Waals surface area contributed by atoms with Crippen LogP contribution in [-0.4, -0.2) is 81.9 Å². The third kappa shape index (κ3) is 7.91. The first-order chi connectivity index (χ1) is 24.4. The summed E-state index contributed by atoms with van der Waals surface area (Å²) in [6.07, 6.45) is 4.02. The highest BCUT2D eigenvalue weighted by Crippen LogP contribution is 2.32. The van der Waals surface area contributed by atoms with Gasteiger partial charge in [-0.1, -0.05) is 55.5 Å². The maximum atomic E-state index is 14.1. The zero-order chi connectivity index (χ0) is 36.2. The van der Waals surface area contributed by atoms with Crippen LogP contribution in [0.2, 0.25) is 0 Å². The van der Waals surface area contributed by atoms with Gasteiger partial charge in [-0.25, -0.2) is 41.9 Å². The van der Waals surface area contributed by atoms with Gasteiger partial charge in [-0.05, 0) is 41.0 Å². The third-order valence-electron chi connectivity index (χ3n) is 8.45. The summed E-state index contributed by atoms with van der Waals surface area (Å²) in [6, 6.07) is 17.3. The molecular weight excluding hydrogens is 684 g/mol. The first-order valence-corrected chi connectivity index (χ1v) is 17.4. The van der Waals surface area contributed by atoms with Gasteiger partial charge < -0.3 is 20.1 Å². The van der Waals surface area contributed by atoms with Crippen molar-refractivity contribution in [1.29, 1.82) is 0 Å². The van der Waals surface area contributed by atoms with Crippen molar-refractivity contribution in [3.63, 3.8) is 0 Å². The number of carbonyl (C=O) groups is 2. The summed E-state index contributed by atoms with van der Waals surface area (Å²) >= 11 is 0. The summed E-state index contributed by atoms with van der Waals surface area (Å²) in [5.74, 6) is -3.93. The fourth-order valence-corrected chi connectivity index (χ4v) is 7.20. The Labute approximate surface area is 292 Å². The molecule has 3 heterocycles. The van der Waals surface area contributed by atoms with Gasteiger partial charge in [0.1, 0.15) is 29.5 Å². The van der Waals surface area contributed by atoms with Crippen LogP contribution in [0.25, 0.3) is 22.3 Å². The van der Waals surface area contributed by atoms with Crippen molar-refractivity contribution in [1.82, 2.24) is 29.6 Å². The van der Waals surface area contributed by atoms with Crippen LogP contribution >= 0.6 is 0 Å². The lowest BCUT2D eigenvalue weighted by Crippen LogP contribution is -2.60. The van der Waals surface area contributed by atoms with Crippen LogP contribution in [-0.2, 0) is 32.1 Å². The first kappa shape index (κ1) is 35.2. The summed E-state index contributed by atoms with van der Waals surface area (Å²) in [4.78, 5) is 43.4. The Bertz CT molecular complexity index is 2150. The van der Waals surface area contributed by atoms with E-state index in [1.807, 2.05) is 0 Å². The lowest BCUT2D eigenvalue weighted by atomic mass is 10.0. The van der Waals surface area contributed by atoms with Crippen LogP contribution in [0.4, 0.5) is 14.6 Å². The Morgan fingerprint density at radius 2 is 1.76 bits per heavy atom. The minimum absolute atomic E-state index is 0.0160. The number of halogens is 2. The quantitative estimate of drug-likeness (QED) is 0.189. The van der Waals surface area contributed by atoms with Gasteiger partial charge in [-0.2, -0.15) is 4.31 Å². The van der Waals surface area contributed by atoms with Crippen LogP contribution in [0.15, 0.2) is 96.4 Å². The van der Waals surface area contributed by atoms with Crippen LogP contribution < -0.4 is 15.0 Å². The van der Waals surface area contributed by atoms with Crippen molar-refractivity contribution in [2.75, 3.05) is 31.1 Å². The number of carboxylic acid groups (broad SMARTS) is 1. The average Bonchev–Trinajstić information content (AvgIpc) is 3.16. The van der Waals surface area contributed by atoms with Crippen molar-refractivity contribution in [2.45, 2.75) is 36.7 Å². The minimum atomic E-state index is -4.21. The maximum absolute atomic E-state index is 14.1. The number of hydrogen-bond acceptors (Lipinski definition) is 10. The number of fused-ring (bicyclic) bond motifs is 1. The minimum Gasteiger partial charge on any atom is -0.482 e. The molecule has 5 aromatic rings. The van der Waals surface area contributed by atoms with E-state index in [1.165, 1.54) is 62.0 Å². The number of ether oxygens (including phenoxy) is 1. The number of hydrogen-bond donors (Lipinski definition) is 2. The van der Waals surface area contributed by atoms with E-state index < -0.39 is 40.5 Å². The molecule has 1 saturated heterocycles. The topological polar surface area (TPSA) is 168 Å². The highest BCUT2D eigenvalue weighted by Gasteiger charge is 2.40. The summed E-state index contributed by atoms with van der Waals surface area (Å²) < 4.78 is 63.0. The van der Waals surface area contributed by atoms with Crippen molar-refractivity contribution < 1.29 is 36.6 Å². The Kier molecular flexibility index (Phi) is 10.2. The molecule has 264 valence electrons. The molecule has 1 aliphatic heterocycles. The van der Waals surface area contributed by atoms with E-state index in [0.29, 0.717) is 39.4 Å². The molecule has 13 nitrogen and oxygen atoms in total. The van der Waals surface area contributed by atoms with Crippen molar-refractivity contribution in [2.24, 2.45) is 0 Å². The van der Waals surface area contributed by atoms with Crippen LogP contribution in [0.3, 0.4) is 0 Å². The van der Waals surface area contributed by atoms with E-state index in [1.54, 1.807) is 41.3 Å². The molecule has 0 saturated carbocycles. The molecule has 16 heteroatoms. The number of sulfonamides is 1. The second-order valence-electron chi connectivity index (χ2n) is 11.7. The third-order valence-corrected chi connectivity index (χ3v) is 10.4. The number of aromatic nitrogens is 4. The summed E-state index contributed by atoms with van der Waals surface area (Å²) in [7, 11) is -4.21. The number of rotatable bonds is 12. The molecule has 1 fully saturated rings. The number of piperazine rings is 1. The van der Waals surface area contributed by atoms with Crippen molar-refractivity contribution in [3.8, 4) is 16.9 Å². The summed E-state index contributed by atoms with van der Waals surface area (Å²) in [5, 5.41) is 11.7. The van der Waals surface area contributed by atoms with E-state index in [-0.39, 0.29) is 43.1 Å². The second kappa shape index (κ2) is 14.7. The molecule has 2 N–H and O–H groups in total. The molecule has 2 aromatic heterocycles. The summed E-state index contributed by atoms with van der Waals surface area (Å²) in [6.45, 7) is 0.956. The number of nitrogens with zero attached hydrogens (tertiary/aromatic N) is 6. The van der Waals surface area contributed by atoms with Gasteiger partial charge in [0.15, 0.2) is 12.3 Å². The number of benzene rings is 3. The molecule has 1 amide bonds. The van der Waals surface area contributed by atoms with E-state index in [0.717, 1.165) is 4.31 Å². The molecule has 0 aliphatic carbocycles. The van der Waals surface area contributed by atoms with Crippen LogP contribution in [0, 0.1) is 0 Å². The van der Waals surface area contributed by atoms with Gasteiger partial charge in [0.25, 0.3) is 5.92 Å². The molecule has 1 aliphatic rings. The van der Waals surface area contributed by atoms with E-state index in [2.05, 4.69) is 25.3 Å². The smallest absolute Gasteiger partial charge is 0.341 e.